The van der Waals surface area contributed by atoms with Gasteiger partial charge in [-0.3, -0.25) is 19.5 Å². The second-order valence-corrected chi connectivity index (χ2v) is 6.44. The molecule has 2 N–H and O–H groups in total. The molecule has 0 aliphatic heterocycles. The van der Waals surface area contributed by atoms with Crippen LogP contribution in [0.2, 0.25) is 0 Å². The van der Waals surface area contributed by atoms with E-state index >= 15 is 0 Å². The number of hydrogen-bond acceptors (Lipinski definition) is 6. The SMILES string of the molecule is CCCn1c(S[C@@H](C)C(=O)Nc2ccc(F)c([N+](=O)[O-])c2)n[nH]c1=O. The molecule has 25 heavy (non-hydrogen) atoms. The van der Waals surface area contributed by atoms with Crippen molar-refractivity contribution >= 4 is 29.0 Å². The minimum absolute atomic E-state index is 0.110. The summed E-state index contributed by atoms with van der Waals surface area (Å²) in [5.41, 5.74) is -0.966. The first kappa shape index (κ1) is 18.6. The zero-order valence-corrected chi connectivity index (χ0v) is 14.3. The van der Waals surface area contributed by atoms with E-state index in [9.17, 15) is 24.1 Å². The highest BCUT2D eigenvalue weighted by Crippen LogP contribution is 2.24. The second kappa shape index (κ2) is 7.92. The molecule has 1 amide bonds. The summed E-state index contributed by atoms with van der Waals surface area (Å²) in [6.07, 6.45) is 0.729. The van der Waals surface area contributed by atoms with Gasteiger partial charge in [0.25, 0.3) is 0 Å². The minimum Gasteiger partial charge on any atom is -0.325 e. The quantitative estimate of drug-likeness (QED) is 0.438. The van der Waals surface area contributed by atoms with E-state index in [0.717, 1.165) is 30.3 Å². The summed E-state index contributed by atoms with van der Waals surface area (Å²) in [6.45, 7) is 3.98. The summed E-state index contributed by atoms with van der Waals surface area (Å²) in [4.78, 5) is 33.8. The molecule has 11 heteroatoms. The van der Waals surface area contributed by atoms with Crippen LogP contribution in [0.3, 0.4) is 0 Å². The maximum atomic E-state index is 13.3. The number of amides is 1. The van der Waals surface area contributed by atoms with Gasteiger partial charge < -0.3 is 5.32 Å². The smallest absolute Gasteiger partial charge is 0.325 e. The zero-order chi connectivity index (χ0) is 18.6. The van der Waals surface area contributed by atoms with Crippen molar-refractivity contribution in [2.75, 3.05) is 5.32 Å². The van der Waals surface area contributed by atoms with Crippen LogP contribution in [-0.4, -0.2) is 30.8 Å². The largest absolute Gasteiger partial charge is 0.343 e. The van der Waals surface area contributed by atoms with Gasteiger partial charge in [-0.2, -0.15) is 4.39 Å². The standard InChI is InChI=1S/C14H16FN5O4S/c1-3-6-19-13(22)17-18-14(19)25-8(2)12(21)16-9-4-5-10(15)11(7-9)20(23)24/h4-5,7-8H,3,6H2,1-2H3,(H,16,21)(H,17,22)/t8-/m0/s1. The third-order valence-electron chi connectivity index (χ3n) is 3.23. The van der Waals surface area contributed by atoms with E-state index in [1.807, 2.05) is 6.92 Å². The molecule has 0 saturated heterocycles. The molecule has 1 aromatic heterocycles. The van der Waals surface area contributed by atoms with Gasteiger partial charge in [0.1, 0.15) is 0 Å². The molecule has 0 bridgehead atoms. The van der Waals surface area contributed by atoms with E-state index in [-0.39, 0.29) is 11.4 Å². The lowest BCUT2D eigenvalue weighted by molar-refractivity contribution is -0.387. The van der Waals surface area contributed by atoms with Gasteiger partial charge in [-0.1, -0.05) is 18.7 Å². The third kappa shape index (κ3) is 4.44. The van der Waals surface area contributed by atoms with Crippen molar-refractivity contribution < 1.29 is 14.1 Å². The first-order valence-electron chi connectivity index (χ1n) is 7.40. The highest BCUT2D eigenvalue weighted by atomic mass is 32.2. The van der Waals surface area contributed by atoms with E-state index in [1.54, 1.807) is 6.92 Å². The lowest BCUT2D eigenvalue weighted by Crippen LogP contribution is -2.24. The van der Waals surface area contributed by atoms with Gasteiger partial charge in [0.05, 0.1) is 10.2 Å². The highest BCUT2D eigenvalue weighted by molar-refractivity contribution is 8.00. The van der Waals surface area contributed by atoms with Gasteiger partial charge in [-0.05, 0) is 25.5 Å². The summed E-state index contributed by atoms with van der Waals surface area (Å²) in [5, 5.41) is 19.2. The van der Waals surface area contributed by atoms with Crippen LogP contribution in [0.5, 0.6) is 0 Å². The number of aromatic nitrogens is 3. The minimum atomic E-state index is -0.981. The van der Waals surface area contributed by atoms with E-state index in [2.05, 4.69) is 15.5 Å². The predicted octanol–water partition coefficient (Wildman–Crippen LogP) is 2.15. The van der Waals surface area contributed by atoms with Gasteiger partial charge in [0.2, 0.25) is 11.7 Å². The molecule has 0 saturated carbocycles. The molecule has 134 valence electrons. The second-order valence-electron chi connectivity index (χ2n) is 5.14. The number of halogens is 1. The number of carbonyl (C=O) groups excluding carboxylic acids is 1. The van der Waals surface area contributed by atoms with Crippen molar-refractivity contribution in [2.24, 2.45) is 0 Å². The van der Waals surface area contributed by atoms with Gasteiger partial charge in [0, 0.05) is 18.3 Å². The van der Waals surface area contributed by atoms with Crippen molar-refractivity contribution in [3.63, 3.8) is 0 Å². The number of nitro benzene ring substituents is 1. The van der Waals surface area contributed by atoms with Crippen LogP contribution in [0.1, 0.15) is 20.3 Å². The Labute approximate surface area is 145 Å². The predicted molar refractivity (Wildman–Crippen MR) is 90.1 cm³/mol. The maximum Gasteiger partial charge on any atom is 0.343 e. The van der Waals surface area contributed by atoms with Crippen LogP contribution in [0.15, 0.2) is 28.2 Å². The maximum absolute atomic E-state index is 13.3. The summed E-state index contributed by atoms with van der Waals surface area (Å²) >= 11 is 1.07. The van der Waals surface area contributed by atoms with Crippen molar-refractivity contribution in [3.8, 4) is 0 Å². The average Bonchev–Trinajstić information content (AvgIpc) is 2.90. The Balaban J connectivity index is 2.10. The van der Waals surface area contributed by atoms with E-state index in [0.29, 0.717) is 11.7 Å². The summed E-state index contributed by atoms with van der Waals surface area (Å²) < 4.78 is 14.7. The number of thioether (sulfide) groups is 1. The monoisotopic (exact) mass is 369 g/mol. The topological polar surface area (TPSA) is 123 Å². The zero-order valence-electron chi connectivity index (χ0n) is 13.5. The molecule has 0 spiro atoms. The molecule has 0 radical (unpaired) electrons. The first-order valence-corrected chi connectivity index (χ1v) is 8.28. The van der Waals surface area contributed by atoms with Gasteiger partial charge in [0.15, 0.2) is 5.16 Å². The number of benzene rings is 1. The van der Waals surface area contributed by atoms with Crippen LogP contribution in [-0.2, 0) is 11.3 Å². The fraction of sp³-hybridized carbons (Fsp3) is 0.357. The van der Waals surface area contributed by atoms with Crippen molar-refractivity contribution in [3.05, 3.63) is 44.6 Å². The number of nitrogens with one attached hydrogen (secondary N) is 2. The number of rotatable bonds is 7. The van der Waals surface area contributed by atoms with Gasteiger partial charge in [-0.25, -0.2) is 9.89 Å². The van der Waals surface area contributed by atoms with Crippen LogP contribution in [0.4, 0.5) is 15.8 Å². The Morgan fingerprint density at radius 2 is 2.28 bits per heavy atom. The normalized spacial score (nSPS) is 12.0. The van der Waals surface area contributed by atoms with Crippen molar-refractivity contribution in [1.82, 2.24) is 14.8 Å². The number of nitrogens with zero attached hydrogens (tertiary/aromatic N) is 3. The van der Waals surface area contributed by atoms with Gasteiger partial charge in [-0.15, -0.1) is 5.10 Å². The van der Waals surface area contributed by atoms with Crippen LogP contribution in [0, 0.1) is 15.9 Å². The van der Waals surface area contributed by atoms with E-state index in [1.165, 1.54) is 10.6 Å². The molecule has 0 fully saturated rings. The van der Waals surface area contributed by atoms with Crippen LogP contribution < -0.4 is 11.0 Å². The van der Waals surface area contributed by atoms with Crippen molar-refractivity contribution in [2.45, 2.75) is 37.2 Å². The molecule has 0 aliphatic carbocycles. The number of carbonyl (C=O) groups is 1. The first-order chi connectivity index (χ1) is 11.8. The average molecular weight is 369 g/mol. The molecular formula is C14H16FN5O4S. The Hall–Kier alpha value is -2.69. The summed E-state index contributed by atoms with van der Waals surface area (Å²) in [6, 6.07) is 3.10. The Morgan fingerprint density at radius 3 is 2.92 bits per heavy atom. The van der Waals surface area contributed by atoms with E-state index in [4.69, 9.17) is 0 Å². The van der Waals surface area contributed by atoms with Crippen molar-refractivity contribution in [1.29, 1.82) is 0 Å². The molecular weight excluding hydrogens is 353 g/mol. The van der Waals surface area contributed by atoms with Gasteiger partial charge >= 0.3 is 11.4 Å². The lowest BCUT2D eigenvalue weighted by atomic mass is 10.2. The number of nitro groups is 1. The fourth-order valence-electron chi connectivity index (χ4n) is 2.00. The molecule has 1 aromatic carbocycles. The molecule has 9 nitrogen and oxygen atoms in total. The van der Waals surface area contributed by atoms with E-state index < -0.39 is 27.6 Å². The number of anilines is 1. The Kier molecular flexibility index (Phi) is 5.91. The molecule has 2 rings (SSSR count). The fourth-order valence-corrected chi connectivity index (χ4v) is 2.88. The molecule has 0 unspecified atom stereocenters. The number of H-pyrrole nitrogens is 1. The molecule has 0 aliphatic rings. The third-order valence-corrected chi connectivity index (χ3v) is 4.32. The summed E-state index contributed by atoms with van der Waals surface area (Å²) in [5.74, 6) is -1.44. The highest BCUT2D eigenvalue weighted by Gasteiger charge is 2.20. The summed E-state index contributed by atoms with van der Waals surface area (Å²) in [7, 11) is 0. The van der Waals surface area contributed by atoms with Crippen LogP contribution >= 0.6 is 11.8 Å². The van der Waals surface area contributed by atoms with Crippen LogP contribution in [0.25, 0.3) is 0 Å². The molecule has 2 aromatic rings. The Morgan fingerprint density at radius 1 is 1.56 bits per heavy atom. The Bertz CT molecular complexity index is 850. The lowest BCUT2D eigenvalue weighted by Gasteiger charge is -2.12. The number of aromatic amines is 1. The number of hydrogen-bond donors (Lipinski definition) is 2. The molecule has 1 atom stereocenters. The molecule has 1 heterocycles.